The van der Waals surface area contributed by atoms with Gasteiger partial charge in [0.2, 0.25) is 17.7 Å². The Morgan fingerprint density at radius 1 is 1.02 bits per heavy atom. The SMILES string of the molecule is CCOc1ccc(N2CC=C[C@@H]3O[C@]45C=CCN(C6CCCCC6)C(=O)C4N([C@H](C)CO)C(=O)[C@@H]5[C@@H]3C2=O)cc1. The van der Waals surface area contributed by atoms with Crippen LogP contribution in [0.3, 0.4) is 0 Å². The number of aliphatic hydroxyl groups excluding tert-OH is 1. The molecule has 3 fully saturated rings. The van der Waals surface area contributed by atoms with Gasteiger partial charge in [0.1, 0.15) is 17.4 Å². The highest BCUT2D eigenvalue weighted by molar-refractivity contribution is 6.04. The van der Waals surface area contributed by atoms with Gasteiger partial charge in [0.25, 0.3) is 0 Å². The summed E-state index contributed by atoms with van der Waals surface area (Å²) < 4.78 is 12.3. The van der Waals surface area contributed by atoms with Gasteiger partial charge in [0.15, 0.2) is 0 Å². The quantitative estimate of drug-likeness (QED) is 0.548. The molecule has 1 spiro atoms. The van der Waals surface area contributed by atoms with E-state index in [-0.39, 0.29) is 30.4 Å². The predicted molar refractivity (Wildman–Crippen MR) is 149 cm³/mol. The fourth-order valence-electron chi connectivity index (χ4n) is 7.50. The minimum atomic E-state index is -1.28. The number of aliphatic hydroxyl groups is 1. The Hall–Kier alpha value is -3.17. The highest BCUT2D eigenvalue weighted by Crippen LogP contribution is 2.54. The lowest BCUT2D eigenvalue weighted by atomic mass is 9.77. The molecule has 6 atom stereocenters. The Balaban J connectivity index is 1.38. The van der Waals surface area contributed by atoms with Crippen molar-refractivity contribution in [3.05, 3.63) is 48.6 Å². The van der Waals surface area contributed by atoms with Gasteiger partial charge < -0.3 is 29.3 Å². The maximum Gasteiger partial charge on any atom is 0.249 e. The molecule has 4 aliphatic heterocycles. The normalized spacial score (nSPS) is 33.0. The Kier molecular flexibility index (Phi) is 7.21. The summed E-state index contributed by atoms with van der Waals surface area (Å²) in [7, 11) is 0. The van der Waals surface area contributed by atoms with Crippen molar-refractivity contribution >= 4 is 23.4 Å². The third-order valence-corrected chi connectivity index (χ3v) is 9.34. The van der Waals surface area contributed by atoms with Crippen LogP contribution in [0.5, 0.6) is 5.75 Å². The van der Waals surface area contributed by atoms with Gasteiger partial charge >= 0.3 is 0 Å². The molecular weight excluding hydrogens is 510 g/mol. The van der Waals surface area contributed by atoms with Gasteiger partial charge in [-0.3, -0.25) is 14.4 Å². The van der Waals surface area contributed by atoms with E-state index in [0.717, 1.165) is 31.4 Å². The second-order valence-electron chi connectivity index (χ2n) is 11.6. The maximum atomic E-state index is 14.4. The Bertz CT molecular complexity index is 1210. The molecule has 4 heterocycles. The summed E-state index contributed by atoms with van der Waals surface area (Å²) >= 11 is 0. The summed E-state index contributed by atoms with van der Waals surface area (Å²) in [5, 5.41) is 10.1. The van der Waals surface area contributed by atoms with E-state index < -0.39 is 35.6 Å². The van der Waals surface area contributed by atoms with E-state index in [9.17, 15) is 19.5 Å². The fourth-order valence-corrected chi connectivity index (χ4v) is 7.50. The van der Waals surface area contributed by atoms with E-state index in [1.54, 1.807) is 11.8 Å². The topological polar surface area (TPSA) is 99.6 Å². The number of hydrogen-bond donors (Lipinski definition) is 1. The maximum absolute atomic E-state index is 14.4. The van der Waals surface area contributed by atoms with E-state index in [4.69, 9.17) is 9.47 Å². The van der Waals surface area contributed by atoms with Gasteiger partial charge in [0, 0.05) is 24.8 Å². The van der Waals surface area contributed by atoms with Crippen LogP contribution in [0.15, 0.2) is 48.6 Å². The molecule has 9 nitrogen and oxygen atoms in total. The number of hydrogen-bond acceptors (Lipinski definition) is 6. The summed E-state index contributed by atoms with van der Waals surface area (Å²) in [6.45, 7) is 4.73. The first kappa shape index (κ1) is 27.0. The monoisotopic (exact) mass is 549 g/mol. The number of anilines is 1. The van der Waals surface area contributed by atoms with Crippen LogP contribution in [0.4, 0.5) is 5.69 Å². The summed E-state index contributed by atoms with van der Waals surface area (Å²) in [5.74, 6) is -1.61. The number of likely N-dealkylation sites (tertiary alicyclic amines) is 1. The molecule has 1 aromatic rings. The van der Waals surface area contributed by atoms with Crippen molar-refractivity contribution in [3.8, 4) is 5.75 Å². The van der Waals surface area contributed by atoms with Gasteiger partial charge in [-0.1, -0.05) is 43.6 Å². The summed E-state index contributed by atoms with van der Waals surface area (Å²) in [6, 6.07) is 5.95. The number of carbonyl (C=O) groups excluding carboxylic acids is 3. The number of ether oxygens (including phenoxy) is 2. The van der Waals surface area contributed by atoms with Gasteiger partial charge in [0.05, 0.1) is 37.2 Å². The van der Waals surface area contributed by atoms with E-state index in [2.05, 4.69) is 0 Å². The highest BCUT2D eigenvalue weighted by Gasteiger charge is 2.72. The molecule has 2 saturated heterocycles. The molecule has 6 rings (SSSR count). The molecule has 40 heavy (non-hydrogen) atoms. The second-order valence-corrected chi connectivity index (χ2v) is 11.6. The largest absolute Gasteiger partial charge is 0.494 e. The second kappa shape index (κ2) is 10.7. The average molecular weight is 550 g/mol. The van der Waals surface area contributed by atoms with E-state index >= 15 is 0 Å². The number of rotatable bonds is 6. The Morgan fingerprint density at radius 3 is 2.48 bits per heavy atom. The van der Waals surface area contributed by atoms with Crippen LogP contribution in [0.1, 0.15) is 46.0 Å². The molecule has 1 aliphatic carbocycles. The number of amides is 3. The molecule has 3 amide bonds. The fraction of sp³-hybridized carbons (Fsp3) is 0.581. The van der Waals surface area contributed by atoms with Crippen molar-refractivity contribution < 1.29 is 29.0 Å². The van der Waals surface area contributed by atoms with E-state index in [1.165, 1.54) is 11.3 Å². The van der Waals surface area contributed by atoms with Crippen molar-refractivity contribution in [2.75, 3.05) is 31.2 Å². The molecule has 0 radical (unpaired) electrons. The van der Waals surface area contributed by atoms with Crippen molar-refractivity contribution in [2.24, 2.45) is 11.8 Å². The molecule has 1 unspecified atom stereocenters. The molecule has 5 aliphatic rings. The van der Waals surface area contributed by atoms with Crippen LogP contribution in [0.2, 0.25) is 0 Å². The van der Waals surface area contributed by atoms with Crippen LogP contribution in [-0.4, -0.2) is 88.8 Å². The molecule has 1 N–H and O–H groups in total. The lowest BCUT2D eigenvalue weighted by molar-refractivity contribution is -0.151. The Morgan fingerprint density at radius 2 is 1.77 bits per heavy atom. The lowest BCUT2D eigenvalue weighted by Crippen LogP contribution is -2.59. The molecule has 9 heteroatoms. The third kappa shape index (κ3) is 4.16. The van der Waals surface area contributed by atoms with Gasteiger partial charge in [-0.05, 0) is 51.0 Å². The first-order valence-electron chi connectivity index (χ1n) is 14.7. The molecule has 0 aromatic heterocycles. The van der Waals surface area contributed by atoms with Crippen LogP contribution in [0, 0.1) is 11.8 Å². The molecular formula is C31H39N3O6. The van der Waals surface area contributed by atoms with E-state index in [0.29, 0.717) is 25.4 Å². The standard InChI is InChI=1S/C31H39N3O6/c1-3-39-23-14-12-22(13-15-23)32-17-7-11-24-25(28(32)36)26-29(37)34(20(2)19-35)27-30(38)33(21-9-5-4-6-10-21)18-8-16-31(26,27)40-24/h7-8,11-16,20-21,24-27,35H,3-6,9-10,17-19H2,1-2H3/t20-,24+,25-,26+,27?,31+/m1/s1. The number of fused-ring (bicyclic) bond motifs is 2. The van der Waals surface area contributed by atoms with Gasteiger partial charge in [-0.25, -0.2) is 0 Å². The summed E-state index contributed by atoms with van der Waals surface area (Å²) in [6.07, 6.45) is 12.2. The van der Waals surface area contributed by atoms with Gasteiger partial charge in [-0.15, -0.1) is 0 Å². The third-order valence-electron chi connectivity index (χ3n) is 9.34. The molecule has 214 valence electrons. The average Bonchev–Trinajstić information content (AvgIpc) is 3.29. The van der Waals surface area contributed by atoms with Crippen molar-refractivity contribution in [1.29, 1.82) is 0 Å². The summed E-state index contributed by atoms with van der Waals surface area (Å²) in [5.41, 5.74) is -0.573. The zero-order valence-corrected chi connectivity index (χ0v) is 23.3. The molecule has 0 bridgehead atoms. The lowest BCUT2D eigenvalue weighted by Gasteiger charge is -2.40. The van der Waals surface area contributed by atoms with Crippen LogP contribution in [-0.2, 0) is 19.1 Å². The predicted octanol–water partition coefficient (Wildman–Crippen LogP) is 2.68. The van der Waals surface area contributed by atoms with Crippen molar-refractivity contribution in [1.82, 2.24) is 9.80 Å². The zero-order chi connectivity index (χ0) is 28.0. The minimum absolute atomic E-state index is 0.116. The van der Waals surface area contributed by atoms with Crippen molar-refractivity contribution in [3.63, 3.8) is 0 Å². The molecule has 1 aromatic carbocycles. The van der Waals surface area contributed by atoms with E-state index in [1.807, 2.05) is 60.4 Å². The zero-order valence-electron chi connectivity index (χ0n) is 23.3. The minimum Gasteiger partial charge on any atom is -0.494 e. The first-order valence-corrected chi connectivity index (χ1v) is 14.7. The number of carbonyl (C=O) groups is 3. The first-order chi connectivity index (χ1) is 19.4. The van der Waals surface area contributed by atoms with Crippen LogP contribution in [0.25, 0.3) is 0 Å². The number of nitrogens with zero attached hydrogens (tertiary/aromatic N) is 3. The smallest absolute Gasteiger partial charge is 0.249 e. The van der Waals surface area contributed by atoms with Gasteiger partial charge in [-0.2, -0.15) is 0 Å². The van der Waals surface area contributed by atoms with Crippen LogP contribution < -0.4 is 9.64 Å². The Labute approximate surface area is 235 Å². The van der Waals surface area contributed by atoms with Crippen molar-refractivity contribution in [2.45, 2.75) is 75.8 Å². The highest BCUT2D eigenvalue weighted by atomic mass is 16.5. The van der Waals surface area contributed by atoms with Crippen LogP contribution >= 0.6 is 0 Å². The number of benzene rings is 1. The molecule has 1 saturated carbocycles. The summed E-state index contributed by atoms with van der Waals surface area (Å²) in [4.78, 5) is 48.0.